The highest BCUT2D eigenvalue weighted by molar-refractivity contribution is 6.04. The molecule has 1 N–H and O–H groups in total. The lowest BCUT2D eigenvalue weighted by atomic mass is 10.1. The van der Waals surface area contributed by atoms with Gasteiger partial charge in [0.2, 0.25) is 5.78 Å². The fourth-order valence-corrected chi connectivity index (χ4v) is 2.69. The van der Waals surface area contributed by atoms with Crippen molar-refractivity contribution < 1.29 is 19.1 Å². The number of methoxy groups -OCH3 is 1. The number of hydrogen-bond acceptors (Lipinski definition) is 4. The summed E-state index contributed by atoms with van der Waals surface area (Å²) in [6, 6.07) is 22.8. The minimum Gasteiger partial charge on any atom is -0.497 e. The number of amides is 1. The van der Waals surface area contributed by atoms with Crippen molar-refractivity contribution in [2.24, 2.45) is 0 Å². The monoisotopic (exact) mass is 375 g/mol. The van der Waals surface area contributed by atoms with Crippen molar-refractivity contribution in [3.05, 3.63) is 90.0 Å². The predicted octanol–water partition coefficient (Wildman–Crippen LogP) is 4.60. The lowest BCUT2D eigenvalue weighted by molar-refractivity contribution is 0.0818. The average Bonchev–Trinajstić information content (AvgIpc) is 2.74. The summed E-state index contributed by atoms with van der Waals surface area (Å²) in [7, 11) is 1.58. The second-order valence-corrected chi connectivity index (χ2v) is 6.20. The molecule has 0 bridgehead atoms. The maximum atomic E-state index is 12.6. The van der Waals surface area contributed by atoms with Crippen LogP contribution < -0.4 is 14.8 Å². The third kappa shape index (κ3) is 4.76. The Balaban J connectivity index is 1.66. The van der Waals surface area contributed by atoms with E-state index in [1.165, 1.54) is 0 Å². The SMILES string of the molecule is COc1ccc(C(=O)[C@H](C)Oc2cccc(NC(=O)c3ccccc3)c2)cc1. The topological polar surface area (TPSA) is 64.6 Å². The lowest BCUT2D eigenvalue weighted by Gasteiger charge is -2.15. The lowest BCUT2D eigenvalue weighted by Crippen LogP contribution is -2.24. The van der Waals surface area contributed by atoms with Gasteiger partial charge in [-0.3, -0.25) is 9.59 Å². The molecule has 142 valence electrons. The molecule has 0 fully saturated rings. The molecule has 3 rings (SSSR count). The minimum atomic E-state index is -0.673. The van der Waals surface area contributed by atoms with Gasteiger partial charge in [0.05, 0.1) is 7.11 Å². The van der Waals surface area contributed by atoms with Gasteiger partial charge in [-0.15, -0.1) is 0 Å². The highest BCUT2D eigenvalue weighted by Gasteiger charge is 2.17. The van der Waals surface area contributed by atoms with Crippen LogP contribution in [0.1, 0.15) is 27.6 Å². The molecule has 1 amide bonds. The van der Waals surface area contributed by atoms with Gasteiger partial charge in [-0.1, -0.05) is 24.3 Å². The van der Waals surface area contributed by atoms with Crippen LogP contribution in [0.25, 0.3) is 0 Å². The molecule has 3 aromatic carbocycles. The molecule has 0 aliphatic carbocycles. The molecule has 3 aromatic rings. The number of rotatable bonds is 7. The second-order valence-electron chi connectivity index (χ2n) is 6.20. The van der Waals surface area contributed by atoms with Crippen LogP contribution in [0.15, 0.2) is 78.9 Å². The van der Waals surface area contributed by atoms with Gasteiger partial charge in [-0.2, -0.15) is 0 Å². The number of Topliss-reactive ketones (excluding diaryl/α,β-unsaturated/α-hetero) is 1. The molecular weight excluding hydrogens is 354 g/mol. The Morgan fingerprint density at radius 3 is 2.21 bits per heavy atom. The first-order chi connectivity index (χ1) is 13.6. The molecule has 1 atom stereocenters. The van der Waals surface area contributed by atoms with Crippen LogP contribution in [0, 0.1) is 0 Å². The minimum absolute atomic E-state index is 0.138. The summed E-state index contributed by atoms with van der Waals surface area (Å²) in [5.74, 6) is 0.841. The Bertz CT molecular complexity index is 952. The first-order valence-electron chi connectivity index (χ1n) is 8.88. The van der Waals surface area contributed by atoms with E-state index in [0.717, 1.165) is 0 Å². The molecule has 0 saturated heterocycles. The normalized spacial score (nSPS) is 11.4. The van der Waals surface area contributed by atoms with Gasteiger partial charge in [0, 0.05) is 22.9 Å². The molecule has 0 saturated carbocycles. The third-order valence-corrected chi connectivity index (χ3v) is 4.18. The van der Waals surface area contributed by atoms with E-state index >= 15 is 0 Å². The Kier molecular flexibility index (Phi) is 6.07. The van der Waals surface area contributed by atoms with E-state index in [4.69, 9.17) is 9.47 Å². The molecule has 0 aromatic heterocycles. The van der Waals surface area contributed by atoms with E-state index in [1.54, 1.807) is 86.8 Å². The average molecular weight is 375 g/mol. The smallest absolute Gasteiger partial charge is 0.255 e. The Morgan fingerprint density at radius 2 is 1.54 bits per heavy atom. The number of carbonyl (C=O) groups excluding carboxylic acids is 2. The molecule has 0 aliphatic heterocycles. The van der Waals surface area contributed by atoms with Crippen LogP contribution in [0.3, 0.4) is 0 Å². The van der Waals surface area contributed by atoms with Crippen LogP contribution in [0.5, 0.6) is 11.5 Å². The van der Waals surface area contributed by atoms with Gasteiger partial charge in [0.25, 0.3) is 5.91 Å². The van der Waals surface area contributed by atoms with E-state index in [9.17, 15) is 9.59 Å². The van der Waals surface area contributed by atoms with Crippen molar-refractivity contribution in [1.82, 2.24) is 0 Å². The van der Waals surface area contributed by atoms with Gasteiger partial charge in [0.1, 0.15) is 11.5 Å². The summed E-state index contributed by atoms with van der Waals surface area (Å²) in [6.45, 7) is 1.70. The Hall–Kier alpha value is -3.60. The largest absolute Gasteiger partial charge is 0.497 e. The van der Waals surface area contributed by atoms with Crippen LogP contribution in [-0.4, -0.2) is 24.9 Å². The van der Waals surface area contributed by atoms with Crippen molar-refractivity contribution >= 4 is 17.4 Å². The predicted molar refractivity (Wildman–Crippen MR) is 108 cm³/mol. The molecule has 5 nitrogen and oxygen atoms in total. The Morgan fingerprint density at radius 1 is 0.821 bits per heavy atom. The summed E-state index contributed by atoms with van der Waals surface area (Å²) < 4.78 is 10.9. The second kappa shape index (κ2) is 8.86. The number of nitrogens with one attached hydrogen (secondary N) is 1. The molecular formula is C23H21NO4. The summed E-state index contributed by atoms with van der Waals surface area (Å²) in [4.78, 5) is 24.8. The fraction of sp³-hybridized carbons (Fsp3) is 0.130. The maximum Gasteiger partial charge on any atom is 0.255 e. The summed E-state index contributed by atoms with van der Waals surface area (Å²) >= 11 is 0. The van der Waals surface area contributed by atoms with Crippen LogP contribution >= 0.6 is 0 Å². The highest BCUT2D eigenvalue weighted by atomic mass is 16.5. The van der Waals surface area contributed by atoms with Crippen molar-refractivity contribution in [3.8, 4) is 11.5 Å². The van der Waals surface area contributed by atoms with Crippen LogP contribution in [-0.2, 0) is 0 Å². The first kappa shape index (κ1) is 19.2. The van der Waals surface area contributed by atoms with Gasteiger partial charge in [0.15, 0.2) is 6.10 Å². The van der Waals surface area contributed by atoms with Gasteiger partial charge in [-0.05, 0) is 55.5 Å². The highest BCUT2D eigenvalue weighted by Crippen LogP contribution is 2.21. The molecule has 0 radical (unpaired) electrons. The van der Waals surface area contributed by atoms with Gasteiger partial charge >= 0.3 is 0 Å². The van der Waals surface area contributed by atoms with Crippen LogP contribution in [0.4, 0.5) is 5.69 Å². The molecule has 0 unspecified atom stereocenters. The quantitative estimate of drug-likeness (QED) is 0.613. The van der Waals surface area contributed by atoms with Crippen molar-refractivity contribution in [2.45, 2.75) is 13.0 Å². The van der Waals surface area contributed by atoms with Crippen molar-refractivity contribution in [1.29, 1.82) is 0 Å². The zero-order valence-electron chi connectivity index (χ0n) is 15.7. The fourth-order valence-electron chi connectivity index (χ4n) is 2.69. The molecule has 5 heteroatoms. The van der Waals surface area contributed by atoms with Gasteiger partial charge < -0.3 is 14.8 Å². The van der Waals surface area contributed by atoms with Gasteiger partial charge in [-0.25, -0.2) is 0 Å². The summed E-state index contributed by atoms with van der Waals surface area (Å²) in [5.41, 5.74) is 1.70. The number of anilines is 1. The van der Waals surface area contributed by atoms with E-state index in [2.05, 4.69) is 5.32 Å². The van der Waals surface area contributed by atoms with Crippen molar-refractivity contribution in [2.75, 3.05) is 12.4 Å². The van der Waals surface area contributed by atoms with E-state index in [-0.39, 0.29) is 11.7 Å². The summed E-state index contributed by atoms with van der Waals surface area (Å²) in [6.07, 6.45) is -0.673. The van der Waals surface area contributed by atoms with Crippen molar-refractivity contribution in [3.63, 3.8) is 0 Å². The number of ketones is 1. The molecule has 0 heterocycles. The zero-order valence-corrected chi connectivity index (χ0v) is 15.7. The number of ether oxygens (including phenoxy) is 2. The van der Waals surface area contributed by atoms with Crippen LogP contribution in [0.2, 0.25) is 0 Å². The number of hydrogen-bond donors (Lipinski definition) is 1. The third-order valence-electron chi connectivity index (χ3n) is 4.18. The first-order valence-corrected chi connectivity index (χ1v) is 8.88. The standard InChI is InChI=1S/C23H21NO4/c1-16(22(25)17-11-13-20(27-2)14-12-17)28-21-10-6-9-19(15-21)24-23(26)18-7-4-3-5-8-18/h3-16H,1-2H3,(H,24,26)/t16-/m0/s1. The van der Waals surface area contributed by atoms with E-state index in [0.29, 0.717) is 28.3 Å². The van der Waals surface area contributed by atoms with E-state index in [1.807, 2.05) is 6.07 Å². The zero-order chi connectivity index (χ0) is 19.9. The number of carbonyl (C=O) groups is 2. The molecule has 0 spiro atoms. The maximum absolute atomic E-state index is 12.6. The number of benzene rings is 3. The van der Waals surface area contributed by atoms with E-state index < -0.39 is 6.10 Å². The summed E-state index contributed by atoms with van der Waals surface area (Å²) in [5, 5.41) is 2.83. The molecule has 0 aliphatic rings. The molecule has 28 heavy (non-hydrogen) atoms. The Labute approximate surface area is 163 Å².